The van der Waals surface area contributed by atoms with Crippen molar-refractivity contribution in [1.29, 1.82) is 0 Å². The average molecular weight is 265 g/mol. The first-order valence-corrected chi connectivity index (χ1v) is 6.57. The van der Waals surface area contributed by atoms with Gasteiger partial charge in [0, 0.05) is 6.54 Å². The number of carboxylic acids is 1. The van der Waals surface area contributed by atoms with Crippen molar-refractivity contribution in [1.82, 2.24) is 5.32 Å². The molecule has 0 spiro atoms. The van der Waals surface area contributed by atoms with Crippen LogP contribution >= 0.6 is 0 Å². The Morgan fingerprint density at radius 3 is 2.47 bits per heavy atom. The standard InChI is InChI=1S/C15H23NO3/c1-10-6-12(3)13(7-11(10)2)4-5-16-9-14(17)8-15(18)19/h6-7,14,16-17H,4-5,8-9H2,1-3H3,(H,18,19). The molecule has 1 unspecified atom stereocenters. The molecule has 0 bridgehead atoms. The predicted molar refractivity (Wildman–Crippen MR) is 75.5 cm³/mol. The number of hydrogen-bond acceptors (Lipinski definition) is 3. The number of carbonyl (C=O) groups is 1. The summed E-state index contributed by atoms with van der Waals surface area (Å²) in [5, 5.41) is 21.0. The Balaban J connectivity index is 2.37. The fraction of sp³-hybridized carbons (Fsp3) is 0.533. The normalized spacial score (nSPS) is 12.4. The molecule has 19 heavy (non-hydrogen) atoms. The lowest BCUT2D eigenvalue weighted by molar-refractivity contribution is -0.139. The molecule has 0 radical (unpaired) electrons. The van der Waals surface area contributed by atoms with Crippen LogP contribution in [0.4, 0.5) is 0 Å². The highest BCUT2D eigenvalue weighted by atomic mass is 16.4. The van der Waals surface area contributed by atoms with Gasteiger partial charge in [-0.2, -0.15) is 0 Å². The molecule has 0 saturated carbocycles. The number of rotatable bonds is 7. The van der Waals surface area contributed by atoms with Crippen LogP contribution in [-0.4, -0.2) is 35.4 Å². The molecular formula is C15H23NO3. The van der Waals surface area contributed by atoms with E-state index in [0.717, 1.165) is 13.0 Å². The minimum Gasteiger partial charge on any atom is -0.481 e. The van der Waals surface area contributed by atoms with Crippen LogP contribution in [-0.2, 0) is 11.2 Å². The molecule has 0 amide bonds. The maximum absolute atomic E-state index is 10.4. The first kappa shape index (κ1) is 15.7. The van der Waals surface area contributed by atoms with Crippen molar-refractivity contribution in [3.05, 3.63) is 34.4 Å². The van der Waals surface area contributed by atoms with Crippen LogP contribution in [0.5, 0.6) is 0 Å². The van der Waals surface area contributed by atoms with Crippen LogP contribution in [0.25, 0.3) is 0 Å². The predicted octanol–water partition coefficient (Wildman–Crippen LogP) is 1.58. The summed E-state index contributed by atoms with van der Waals surface area (Å²) in [5.74, 6) is -0.973. The first-order valence-electron chi connectivity index (χ1n) is 6.57. The third-order valence-corrected chi connectivity index (χ3v) is 3.31. The van der Waals surface area contributed by atoms with E-state index in [1.807, 2.05) is 0 Å². The molecule has 3 N–H and O–H groups in total. The number of aryl methyl sites for hydroxylation is 3. The van der Waals surface area contributed by atoms with E-state index in [4.69, 9.17) is 5.11 Å². The van der Waals surface area contributed by atoms with E-state index in [1.165, 1.54) is 22.3 Å². The highest BCUT2D eigenvalue weighted by Crippen LogP contribution is 2.15. The van der Waals surface area contributed by atoms with Gasteiger partial charge in [0.1, 0.15) is 0 Å². The van der Waals surface area contributed by atoms with Gasteiger partial charge in [-0.15, -0.1) is 0 Å². The molecule has 1 aromatic carbocycles. The maximum Gasteiger partial charge on any atom is 0.306 e. The zero-order chi connectivity index (χ0) is 14.4. The Hall–Kier alpha value is -1.39. The van der Waals surface area contributed by atoms with Gasteiger partial charge in [0.05, 0.1) is 12.5 Å². The largest absolute Gasteiger partial charge is 0.481 e. The average Bonchev–Trinajstić information content (AvgIpc) is 2.30. The summed E-state index contributed by atoms with van der Waals surface area (Å²) in [6.07, 6.45) is -0.152. The maximum atomic E-state index is 10.4. The van der Waals surface area contributed by atoms with Gasteiger partial charge < -0.3 is 15.5 Å². The molecule has 1 atom stereocenters. The lowest BCUT2D eigenvalue weighted by Gasteiger charge is -2.12. The second kappa shape index (κ2) is 7.26. The summed E-state index contributed by atoms with van der Waals surface area (Å²) in [7, 11) is 0. The topological polar surface area (TPSA) is 69.6 Å². The quantitative estimate of drug-likeness (QED) is 0.655. The number of hydrogen-bond donors (Lipinski definition) is 3. The fourth-order valence-electron chi connectivity index (χ4n) is 2.06. The number of aliphatic hydroxyl groups is 1. The van der Waals surface area contributed by atoms with Gasteiger partial charge in [-0.05, 0) is 56.0 Å². The Labute approximate surface area is 114 Å². The van der Waals surface area contributed by atoms with Crippen LogP contribution in [0.2, 0.25) is 0 Å². The summed E-state index contributed by atoms with van der Waals surface area (Å²) in [5.41, 5.74) is 5.15. The molecule has 4 nitrogen and oxygen atoms in total. The Bertz CT molecular complexity index is 443. The van der Waals surface area contributed by atoms with Gasteiger partial charge in [-0.3, -0.25) is 4.79 Å². The molecule has 0 aliphatic heterocycles. The molecule has 1 aromatic rings. The monoisotopic (exact) mass is 265 g/mol. The number of carboxylic acid groups (broad SMARTS) is 1. The van der Waals surface area contributed by atoms with Crippen molar-refractivity contribution in [2.45, 2.75) is 39.7 Å². The molecule has 0 fully saturated rings. The Morgan fingerprint density at radius 1 is 1.21 bits per heavy atom. The van der Waals surface area contributed by atoms with E-state index in [2.05, 4.69) is 38.2 Å². The molecule has 1 rings (SSSR count). The van der Waals surface area contributed by atoms with Crippen molar-refractivity contribution < 1.29 is 15.0 Å². The third-order valence-electron chi connectivity index (χ3n) is 3.31. The summed E-state index contributed by atoms with van der Waals surface area (Å²) in [6, 6.07) is 4.38. The summed E-state index contributed by atoms with van der Waals surface area (Å²) < 4.78 is 0. The van der Waals surface area contributed by atoms with Gasteiger partial charge in [-0.25, -0.2) is 0 Å². The molecule has 4 heteroatoms. The van der Waals surface area contributed by atoms with Gasteiger partial charge >= 0.3 is 5.97 Å². The Kier molecular flexibility index (Phi) is 5.99. The zero-order valence-electron chi connectivity index (χ0n) is 11.9. The zero-order valence-corrected chi connectivity index (χ0v) is 11.9. The summed E-state index contributed by atoms with van der Waals surface area (Å²) in [6.45, 7) is 7.35. The van der Waals surface area contributed by atoms with Crippen molar-refractivity contribution in [3.63, 3.8) is 0 Å². The van der Waals surface area contributed by atoms with Crippen molar-refractivity contribution in [3.8, 4) is 0 Å². The van der Waals surface area contributed by atoms with Crippen molar-refractivity contribution >= 4 is 5.97 Å². The minimum absolute atomic E-state index is 0.213. The molecule has 0 aliphatic carbocycles. The van der Waals surface area contributed by atoms with E-state index >= 15 is 0 Å². The smallest absolute Gasteiger partial charge is 0.306 e. The molecule has 0 heterocycles. The van der Waals surface area contributed by atoms with Gasteiger partial charge in [0.2, 0.25) is 0 Å². The van der Waals surface area contributed by atoms with E-state index in [-0.39, 0.29) is 6.42 Å². The second-order valence-corrected chi connectivity index (χ2v) is 5.07. The highest BCUT2D eigenvalue weighted by molar-refractivity contribution is 5.67. The summed E-state index contributed by atoms with van der Waals surface area (Å²) in [4.78, 5) is 10.4. The number of nitrogens with one attached hydrogen (secondary N) is 1. The first-order chi connectivity index (χ1) is 8.90. The fourth-order valence-corrected chi connectivity index (χ4v) is 2.06. The second-order valence-electron chi connectivity index (χ2n) is 5.07. The van der Waals surface area contributed by atoms with Crippen LogP contribution in [0.15, 0.2) is 12.1 Å². The number of aliphatic hydroxyl groups excluding tert-OH is 1. The van der Waals surface area contributed by atoms with Crippen LogP contribution < -0.4 is 5.32 Å². The molecular weight excluding hydrogens is 242 g/mol. The van der Waals surface area contributed by atoms with E-state index in [9.17, 15) is 9.90 Å². The highest BCUT2D eigenvalue weighted by Gasteiger charge is 2.08. The van der Waals surface area contributed by atoms with E-state index in [1.54, 1.807) is 0 Å². The molecule has 0 aromatic heterocycles. The van der Waals surface area contributed by atoms with Crippen molar-refractivity contribution in [2.24, 2.45) is 0 Å². The van der Waals surface area contributed by atoms with Gasteiger partial charge in [0.25, 0.3) is 0 Å². The van der Waals surface area contributed by atoms with E-state index < -0.39 is 12.1 Å². The molecule has 0 aliphatic rings. The number of benzene rings is 1. The summed E-state index contributed by atoms with van der Waals surface area (Å²) >= 11 is 0. The lowest BCUT2D eigenvalue weighted by atomic mass is 9.99. The van der Waals surface area contributed by atoms with Crippen LogP contribution in [0.3, 0.4) is 0 Å². The van der Waals surface area contributed by atoms with Crippen LogP contribution in [0, 0.1) is 20.8 Å². The van der Waals surface area contributed by atoms with E-state index in [0.29, 0.717) is 6.54 Å². The molecule has 0 saturated heterocycles. The Morgan fingerprint density at radius 2 is 1.84 bits per heavy atom. The molecule has 106 valence electrons. The third kappa shape index (κ3) is 5.41. The van der Waals surface area contributed by atoms with Crippen molar-refractivity contribution in [2.75, 3.05) is 13.1 Å². The number of aliphatic carboxylic acids is 1. The lowest BCUT2D eigenvalue weighted by Crippen LogP contribution is -2.30. The van der Waals surface area contributed by atoms with Gasteiger partial charge in [-0.1, -0.05) is 12.1 Å². The minimum atomic E-state index is -0.973. The van der Waals surface area contributed by atoms with Crippen LogP contribution in [0.1, 0.15) is 28.7 Å². The SMILES string of the molecule is Cc1cc(C)c(CCNCC(O)CC(=O)O)cc1C. The van der Waals surface area contributed by atoms with Gasteiger partial charge in [0.15, 0.2) is 0 Å².